The zero-order valence-electron chi connectivity index (χ0n) is 17.7. The van der Waals surface area contributed by atoms with Crippen molar-refractivity contribution in [1.82, 2.24) is 14.8 Å². The molecule has 0 saturated carbocycles. The van der Waals surface area contributed by atoms with Crippen LogP contribution in [0.25, 0.3) is 11.6 Å². The zero-order chi connectivity index (χ0) is 21.8. The van der Waals surface area contributed by atoms with Gasteiger partial charge in [-0.15, -0.1) is 10.2 Å². The molecular weight excluding hydrogens is 420 g/mol. The van der Waals surface area contributed by atoms with Crippen molar-refractivity contribution in [2.75, 3.05) is 11.1 Å². The number of nitrogens with one attached hydrogen (secondary N) is 1. The van der Waals surface area contributed by atoms with Gasteiger partial charge in [0.05, 0.1) is 12.8 Å². The maximum atomic E-state index is 12.5. The molecule has 0 aliphatic heterocycles. The van der Waals surface area contributed by atoms with E-state index in [1.165, 1.54) is 29.3 Å². The Morgan fingerprint density at radius 3 is 2.75 bits per heavy atom. The normalized spacial score (nSPS) is 12.6. The van der Waals surface area contributed by atoms with Crippen molar-refractivity contribution >= 4 is 23.4 Å². The van der Waals surface area contributed by atoms with Crippen LogP contribution >= 0.6 is 11.8 Å². The number of nitrogens with zero attached hydrogens (tertiary/aromatic N) is 3. The van der Waals surface area contributed by atoms with Gasteiger partial charge in [0.15, 0.2) is 10.9 Å². The predicted octanol–water partition coefficient (Wildman–Crippen LogP) is 5.20. The molecule has 1 N–H and O–H groups in total. The molecule has 32 heavy (non-hydrogen) atoms. The second-order valence-corrected chi connectivity index (χ2v) is 8.90. The number of rotatable bonds is 8. The Balaban J connectivity index is 1.24. The van der Waals surface area contributed by atoms with E-state index in [1.807, 2.05) is 41.0 Å². The van der Waals surface area contributed by atoms with Gasteiger partial charge in [-0.25, -0.2) is 0 Å². The molecule has 1 amide bonds. The highest BCUT2D eigenvalue weighted by atomic mass is 32.2. The number of aryl methyl sites for hydroxylation is 2. The Labute approximate surface area is 191 Å². The van der Waals surface area contributed by atoms with E-state index in [0.29, 0.717) is 30.3 Å². The maximum Gasteiger partial charge on any atom is 0.225 e. The summed E-state index contributed by atoms with van der Waals surface area (Å²) in [5.41, 5.74) is 4.80. The predicted molar refractivity (Wildman–Crippen MR) is 126 cm³/mol. The molecule has 5 rings (SSSR count). The first kappa shape index (κ1) is 20.6. The summed E-state index contributed by atoms with van der Waals surface area (Å²) < 4.78 is 7.59. The first-order valence-electron chi connectivity index (χ1n) is 10.8. The van der Waals surface area contributed by atoms with E-state index in [9.17, 15) is 4.79 Å². The maximum absolute atomic E-state index is 12.5. The molecule has 7 heteroatoms. The standard InChI is InChI=1S/C25H24N4O2S/c30-23(26-21-12-11-19-8-4-9-20(19)16-21)13-15-32-25-28-27-24(22-10-5-14-31-22)29(25)17-18-6-2-1-3-7-18/h1-3,5-7,10-12,14,16H,4,8-9,13,15,17H2,(H,26,30). The number of carbonyl (C=O) groups excluding carboxylic acids is 1. The molecule has 0 atom stereocenters. The van der Waals surface area contributed by atoms with Gasteiger partial charge in [0.1, 0.15) is 0 Å². The fourth-order valence-electron chi connectivity index (χ4n) is 4.00. The quantitative estimate of drug-likeness (QED) is 0.378. The lowest BCUT2D eigenvalue weighted by molar-refractivity contribution is -0.115. The number of furan rings is 1. The van der Waals surface area contributed by atoms with Gasteiger partial charge >= 0.3 is 0 Å². The van der Waals surface area contributed by atoms with Crippen LogP contribution in [0.5, 0.6) is 0 Å². The Bertz CT molecular complexity index is 1200. The molecule has 162 valence electrons. The third-order valence-electron chi connectivity index (χ3n) is 5.58. The minimum absolute atomic E-state index is 0.0100. The van der Waals surface area contributed by atoms with Crippen molar-refractivity contribution in [3.8, 4) is 11.6 Å². The van der Waals surface area contributed by atoms with Crippen LogP contribution in [0.15, 0.2) is 76.5 Å². The Morgan fingerprint density at radius 2 is 1.91 bits per heavy atom. The average molecular weight is 445 g/mol. The summed E-state index contributed by atoms with van der Waals surface area (Å²) in [4.78, 5) is 12.5. The van der Waals surface area contributed by atoms with Crippen LogP contribution in [0.1, 0.15) is 29.5 Å². The van der Waals surface area contributed by atoms with Crippen molar-refractivity contribution in [2.45, 2.75) is 37.4 Å². The first-order chi connectivity index (χ1) is 15.8. The van der Waals surface area contributed by atoms with Crippen molar-refractivity contribution in [3.63, 3.8) is 0 Å². The molecule has 0 fully saturated rings. The summed E-state index contributed by atoms with van der Waals surface area (Å²) in [5.74, 6) is 1.98. The Morgan fingerprint density at radius 1 is 1.03 bits per heavy atom. The van der Waals surface area contributed by atoms with Crippen LogP contribution in [0, 0.1) is 0 Å². The van der Waals surface area contributed by atoms with Crippen LogP contribution in [-0.2, 0) is 24.2 Å². The van der Waals surface area contributed by atoms with Crippen LogP contribution in [-0.4, -0.2) is 26.4 Å². The van der Waals surface area contributed by atoms with Crippen molar-refractivity contribution in [2.24, 2.45) is 0 Å². The molecule has 0 saturated heterocycles. The third kappa shape index (κ3) is 4.62. The summed E-state index contributed by atoms with van der Waals surface area (Å²) in [6, 6.07) is 20.1. The highest BCUT2D eigenvalue weighted by molar-refractivity contribution is 7.99. The van der Waals surface area contributed by atoms with Crippen LogP contribution in [0.4, 0.5) is 5.69 Å². The lowest BCUT2D eigenvalue weighted by Crippen LogP contribution is -2.12. The number of benzene rings is 2. The number of aromatic nitrogens is 3. The van der Waals surface area contributed by atoms with E-state index >= 15 is 0 Å². The van der Waals surface area contributed by atoms with Gasteiger partial charge < -0.3 is 9.73 Å². The number of amides is 1. The van der Waals surface area contributed by atoms with E-state index < -0.39 is 0 Å². The summed E-state index contributed by atoms with van der Waals surface area (Å²) in [5, 5.41) is 12.5. The second-order valence-electron chi connectivity index (χ2n) is 7.84. The number of carbonyl (C=O) groups is 1. The van der Waals surface area contributed by atoms with Gasteiger partial charge in [-0.3, -0.25) is 9.36 Å². The number of fused-ring (bicyclic) bond motifs is 1. The van der Waals surface area contributed by atoms with E-state index in [2.05, 4.69) is 39.8 Å². The highest BCUT2D eigenvalue weighted by Gasteiger charge is 2.17. The van der Waals surface area contributed by atoms with E-state index in [1.54, 1.807) is 6.26 Å². The third-order valence-corrected chi connectivity index (χ3v) is 6.55. The molecule has 0 unspecified atom stereocenters. The largest absolute Gasteiger partial charge is 0.461 e. The van der Waals surface area contributed by atoms with Crippen LogP contribution in [0.2, 0.25) is 0 Å². The van der Waals surface area contributed by atoms with Gasteiger partial charge in [-0.1, -0.05) is 48.2 Å². The summed E-state index contributed by atoms with van der Waals surface area (Å²) in [7, 11) is 0. The molecule has 1 aliphatic carbocycles. The van der Waals surface area contributed by atoms with Crippen molar-refractivity contribution in [1.29, 1.82) is 0 Å². The molecule has 0 spiro atoms. The molecule has 2 heterocycles. The lowest BCUT2D eigenvalue weighted by Gasteiger charge is -2.10. The van der Waals surface area contributed by atoms with E-state index in [4.69, 9.17) is 4.42 Å². The molecule has 6 nitrogen and oxygen atoms in total. The Hall–Kier alpha value is -3.32. The summed E-state index contributed by atoms with van der Waals surface area (Å²) in [6.45, 7) is 0.632. The van der Waals surface area contributed by atoms with Gasteiger partial charge in [-0.05, 0) is 60.2 Å². The minimum Gasteiger partial charge on any atom is -0.461 e. The van der Waals surface area contributed by atoms with Crippen molar-refractivity contribution < 1.29 is 9.21 Å². The molecule has 0 radical (unpaired) electrons. The zero-order valence-corrected chi connectivity index (χ0v) is 18.5. The number of hydrogen-bond donors (Lipinski definition) is 1. The summed E-state index contributed by atoms with van der Waals surface area (Å²) >= 11 is 1.53. The molecule has 4 aromatic rings. The summed E-state index contributed by atoms with van der Waals surface area (Å²) in [6.07, 6.45) is 5.48. The highest BCUT2D eigenvalue weighted by Crippen LogP contribution is 2.27. The van der Waals surface area contributed by atoms with E-state index in [0.717, 1.165) is 29.2 Å². The number of anilines is 1. The Kier molecular flexibility index (Phi) is 6.07. The number of hydrogen-bond acceptors (Lipinski definition) is 5. The first-order valence-corrected chi connectivity index (χ1v) is 11.8. The van der Waals surface area contributed by atoms with Crippen LogP contribution in [0.3, 0.4) is 0 Å². The van der Waals surface area contributed by atoms with Gasteiger partial charge in [0.25, 0.3) is 0 Å². The monoisotopic (exact) mass is 444 g/mol. The topological polar surface area (TPSA) is 73.0 Å². The fraction of sp³-hybridized carbons (Fsp3) is 0.240. The SMILES string of the molecule is O=C(CCSc1nnc(-c2ccco2)n1Cc1ccccc1)Nc1ccc2c(c1)CCC2. The molecule has 1 aliphatic rings. The van der Waals surface area contributed by atoms with E-state index in [-0.39, 0.29) is 5.91 Å². The smallest absolute Gasteiger partial charge is 0.225 e. The average Bonchev–Trinajstić information content (AvgIpc) is 3.56. The lowest BCUT2D eigenvalue weighted by atomic mass is 10.1. The molecule has 0 bridgehead atoms. The van der Waals surface area contributed by atoms with Crippen LogP contribution < -0.4 is 5.32 Å². The molecule has 2 aromatic carbocycles. The fourth-order valence-corrected chi connectivity index (χ4v) is 4.88. The molecule has 2 aromatic heterocycles. The van der Waals surface area contributed by atoms with Crippen molar-refractivity contribution in [3.05, 3.63) is 83.6 Å². The number of thioether (sulfide) groups is 1. The second kappa shape index (κ2) is 9.44. The molecular formula is C25H24N4O2S. The minimum atomic E-state index is 0.0100. The van der Waals surface area contributed by atoms with Gasteiger partial charge in [0.2, 0.25) is 11.7 Å². The van der Waals surface area contributed by atoms with Gasteiger partial charge in [-0.2, -0.15) is 0 Å². The van der Waals surface area contributed by atoms with Gasteiger partial charge in [0, 0.05) is 17.9 Å².